The smallest absolute Gasteiger partial charge is 0.530 e. The first kappa shape index (κ1) is 22.9. The summed E-state index contributed by atoms with van der Waals surface area (Å²) >= 11 is 0. The van der Waals surface area contributed by atoms with E-state index in [1.807, 2.05) is 6.07 Å². The number of carbonyl (C=O) groups excluding carboxylic acids is 1. The van der Waals surface area contributed by atoms with Crippen molar-refractivity contribution in [1.29, 1.82) is 0 Å². The van der Waals surface area contributed by atoms with Gasteiger partial charge in [0.15, 0.2) is 0 Å². The molecular formula is C21H32N3NiO. The second-order valence-electron chi connectivity index (χ2n) is 7.56. The minimum atomic E-state index is 0. The number of nitrogens with zero attached hydrogens (tertiary/aromatic N) is 2. The van der Waals surface area contributed by atoms with Crippen LogP contribution in [0.5, 0.6) is 0 Å². The number of amides is 1. The molecule has 147 valence electrons. The van der Waals surface area contributed by atoms with E-state index < -0.39 is 0 Å². The van der Waals surface area contributed by atoms with Gasteiger partial charge in [0.1, 0.15) is 0 Å². The molecule has 0 bridgehead atoms. The molecule has 0 aromatic carbocycles. The molecule has 2 heterocycles. The molecule has 1 unspecified atom stereocenters. The molecule has 1 radical (unpaired) electrons. The normalized spacial score (nSPS) is 21.7. The fourth-order valence-corrected chi connectivity index (χ4v) is 3.96. The number of nitrogens with one attached hydrogen (secondary N) is 1. The van der Waals surface area contributed by atoms with Crippen molar-refractivity contribution < 1.29 is 21.3 Å². The van der Waals surface area contributed by atoms with E-state index >= 15 is 0 Å². The van der Waals surface area contributed by atoms with E-state index in [0.717, 1.165) is 29.6 Å². The summed E-state index contributed by atoms with van der Waals surface area (Å²) in [6.07, 6.45) is 11.8. The third-order valence-corrected chi connectivity index (χ3v) is 5.91. The Kier molecular flexibility index (Phi) is 9.53. The van der Waals surface area contributed by atoms with Crippen molar-refractivity contribution in [3.63, 3.8) is 0 Å². The van der Waals surface area contributed by atoms with Crippen LogP contribution in [0.25, 0.3) is 0 Å². The Hall–Kier alpha value is -1.19. The van der Waals surface area contributed by atoms with Gasteiger partial charge in [0.05, 0.1) is 0 Å². The molecule has 1 amide bonds. The van der Waals surface area contributed by atoms with Gasteiger partial charge in [-0.3, -0.25) is 25.0 Å². The molecule has 1 saturated heterocycles. The molecular weight excluding hydrogens is 369 g/mol. The maximum atomic E-state index is 10.2. The van der Waals surface area contributed by atoms with Gasteiger partial charge in [-0.2, -0.15) is 6.41 Å². The van der Waals surface area contributed by atoms with Crippen molar-refractivity contribution in [3.8, 4) is 0 Å². The topological polar surface area (TPSA) is 45.2 Å². The van der Waals surface area contributed by atoms with Crippen LogP contribution in [0.1, 0.15) is 57.1 Å². The Balaban J connectivity index is 0.000000318. The zero-order valence-corrected chi connectivity index (χ0v) is 17.1. The van der Waals surface area contributed by atoms with Crippen LogP contribution in [0.2, 0.25) is 0 Å². The fraction of sp³-hybridized carbons (Fsp3) is 0.619. The van der Waals surface area contributed by atoms with E-state index in [4.69, 9.17) is 0 Å². The molecule has 2 fully saturated rings. The van der Waals surface area contributed by atoms with Crippen LogP contribution in [0.4, 0.5) is 0 Å². The number of hydrogen-bond donors (Lipinski definition) is 1. The van der Waals surface area contributed by atoms with Crippen LogP contribution in [-0.2, 0) is 21.3 Å². The predicted molar refractivity (Wildman–Crippen MR) is 103 cm³/mol. The van der Waals surface area contributed by atoms with Crippen molar-refractivity contribution in [2.75, 3.05) is 19.6 Å². The average molecular weight is 401 g/mol. The summed E-state index contributed by atoms with van der Waals surface area (Å²) in [5.41, 5.74) is 2.42. The van der Waals surface area contributed by atoms with E-state index in [1.165, 1.54) is 45.2 Å². The minimum Gasteiger partial charge on any atom is -0.530 e. The van der Waals surface area contributed by atoms with Gasteiger partial charge >= 0.3 is 16.5 Å². The van der Waals surface area contributed by atoms with Gasteiger partial charge in [0.25, 0.3) is 0 Å². The molecule has 1 saturated carbocycles. The number of aromatic nitrogens is 1. The van der Waals surface area contributed by atoms with Crippen molar-refractivity contribution in [1.82, 2.24) is 15.2 Å². The van der Waals surface area contributed by atoms with Crippen molar-refractivity contribution in [2.24, 2.45) is 11.3 Å². The van der Waals surface area contributed by atoms with E-state index in [0.29, 0.717) is 5.41 Å². The first-order chi connectivity index (χ1) is 12.0. The Morgan fingerprint density at radius 1 is 1.38 bits per heavy atom. The first-order valence-electron chi connectivity index (χ1n) is 9.44. The third-order valence-electron chi connectivity index (χ3n) is 5.91. The molecule has 1 aliphatic carbocycles. The van der Waals surface area contributed by atoms with Gasteiger partial charge in [0, 0.05) is 6.04 Å². The zero-order valence-electron chi connectivity index (χ0n) is 16.1. The Morgan fingerprint density at radius 3 is 2.58 bits per heavy atom. The maximum absolute atomic E-state index is 10.2. The summed E-state index contributed by atoms with van der Waals surface area (Å²) in [6, 6.07) is 2.58. The van der Waals surface area contributed by atoms with E-state index in [1.54, 1.807) is 18.8 Å². The number of piperidine rings is 1. The molecule has 26 heavy (non-hydrogen) atoms. The quantitative estimate of drug-likeness (QED) is 0.452. The van der Waals surface area contributed by atoms with E-state index in [9.17, 15) is 4.79 Å². The summed E-state index contributed by atoms with van der Waals surface area (Å²) in [6.45, 7) is 15.4. The van der Waals surface area contributed by atoms with Crippen LogP contribution in [0.3, 0.4) is 0 Å². The number of hydrogen-bond acceptors (Lipinski definition) is 3. The van der Waals surface area contributed by atoms with Crippen LogP contribution < -0.4 is 5.32 Å². The first-order valence-corrected chi connectivity index (χ1v) is 9.44. The van der Waals surface area contributed by atoms with Crippen LogP contribution in [0, 0.1) is 25.2 Å². The molecule has 1 aromatic rings. The van der Waals surface area contributed by atoms with E-state index in [2.05, 4.69) is 42.9 Å². The van der Waals surface area contributed by atoms with E-state index in [-0.39, 0.29) is 16.5 Å². The Bertz CT molecular complexity index is 523. The average Bonchev–Trinajstić information content (AvgIpc) is 3.29. The molecule has 4 nitrogen and oxygen atoms in total. The summed E-state index contributed by atoms with van der Waals surface area (Å²) in [7, 11) is 0. The van der Waals surface area contributed by atoms with Crippen LogP contribution >= 0.6 is 0 Å². The van der Waals surface area contributed by atoms with Crippen LogP contribution in [-0.4, -0.2) is 42.0 Å². The Labute approximate surface area is 169 Å². The number of rotatable bonds is 6. The van der Waals surface area contributed by atoms with Gasteiger partial charge in [-0.25, -0.2) is 6.07 Å². The molecule has 1 spiro atoms. The summed E-state index contributed by atoms with van der Waals surface area (Å²) < 4.78 is 0. The van der Waals surface area contributed by atoms with Gasteiger partial charge in [-0.1, -0.05) is 19.5 Å². The third kappa shape index (κ3) is 6.21. The molecule has 2 atom stereocenters. The monoisotopic (exact) mass is 400 g/mol. The molecule has 1 N–H and O–H groups in total. The standard InChI is InChI=1S/C14H25N2O.C7H7N.Ni/c1-3-4-12(2)16-7-5-14(6-8-16)9-13(14)10-15-11-17;1-6-3-4-8-5-7(6)2;/h12-13H,3-10H2,1-2H3,(H,15,17);3-5H,1-2H2;/q-1;-2;+3/t12?,13-;;/m0../s1. The Morgan fingerprint density at radius 2 is 2.08 bits per heavy atom. The second kappa shape index (κ2) is 10.8. The van der Waals surface area contributed by atoms with Crippen molar-refractivity contribution in [2.45, 2.75) is 52.0 Å². The van der Waals surface area contributed by atoms with Crippen molar-refractivity contribution in [3.05, 3.63) is 43.4 Å². The SMILES string of the molecule is CCCC(C)N1CCC2(CC1)C[C@H]2CN[C-]=O.[CH2-]c1ccncc1[CH2-].[Ni+3]. The molecule has 1 aromatic heterocycles. The van der Waals surface area contributed by atoms with Gasteiger partial charge < -0.3 is 20.0 Å². The molecule has 2 aliphatic rings. The molecule has 5 heteroatoms. The van der Waals surface area contributed by atoms with Gasteiger partial charge in [-0.15, -0.1) is 6.20 Å². The maximum Gasteiger partial charge on any atom is 3.00 e. The number of likely N-dealkylation sites (tertiary alicyclic amines) is 1. The zero-order chi connectivity index (χ0) is 18.3. The summed E-state index contributed by atoms with van der Waals surface area (Å²) in [5.74, 6) is 0.729. The fourth-order valence-electron chi connectivity index (χ4n) is 3.96. The number of pyridine rings is 1. The summed E-state index contributed by atoms with van der Waals surface area (Å²) in [4.78, 5) is 16.7. The van der Waals surface area contributed by atoms with Gasteiger partial charge in [-0.05, 0) is 63.6 Å². The molecule has 3 rings (SSSR count). The van der Waals surface area contributed by atoms with Crippen LogP contribution in [0.15, 0.2) is 18.5 Å². The summed E-state index contributed by atoms with van der Waals surface area (Å²) in [5, 5.41) is 2.72. The predicted octanol–water partition coefficient (Wildman–Crippen LogP) is 3.38. The van der Waals surface area contributed by atoms with Gasteiger partial charge in [0.2, 0.25) is 0 Å². The second-order valence-corrected chi connectivity index (χ2v) is 7.56. The van der Waals surface area contributed by atoms with Crippen molar-refractivity contribution >= 4 is 6.41 Å². The molecule has 1 aliphatic heterocycles. The largest absolute Gasteiger partial charge is 3.00 e. The minimum absolute atomic E-state index is 0.